The van der Waals surface area contributed by atoms with E-state index in [0.29, 0.717) is 29.5 Å². The summed E-state index contributed by atoms with van der Waals surface area (Å²) in [5, 5.41) is 0. The van der Waals surface area contributed by atoms with Gasteiger partial charge in [0.1, 0.15) is 0 Å². The smallest absolute Gasteiger partial charge is 0.237 e. The van der Waals surface area contributed by atoms with Crippen LogP contribution in [-0.4, -0.2) is 37.3 Å². The second-order valence-electron chi connectivity index (χ2n) is 4.52. The number of imidazole rings is 1. The molecule has 0 aliphatic carbocycles. The van der Waals surface area contributed by atoms with Crippen molar-refractivity contribution >= 4 is 10.0 Å². The monoisotopic (exact) mass is 310 g/mol. The molecule has 114 valence electrons. The molecule has 2 rings (SSSR count). The molecule has 7 heteroatoms. The predicted octanol–water partition coefficient (Wildman–Crippen LogP) is 2.16. The quantitative estimate of drug-likeness (QED) is 0.817. The van der Waals surface area contributed by atoms with E-state index in [4.69, 9.17) is 9.47 Å². The Hall–Kier alpha value is -2.02. The van der Waals surface area contributed by atoms with Crippen molar-refractivity contribution in [2.24, 2.45) is 0 Å². The lowest BCUT2D eigenvalue weighted by Crippen LogP contribution is -2.10. The zero-order chi connectivity index (χ0) is 15.5. The standard InChI is InChI=1S/C14H18N2O4S/c1-4-9-20-13-10-11(5-6-12(13)19-2)14-15-7-8-16(14)21(3,17)18/h5-8,10H,4,9H2,1-3H3. The molecule has 0 radical (unpaired) electrons. The molecule has 1 heterocycles. The predicted molar refractivity (Wildman–Crippen MR) is 80.2 cm³/mol. The van der Waals surface area contributed by atoms with Crippen molar-refractivity contribution in [3.8, 4) is 22.9 Å². The van der Waals surface area contributed by atoms with Gasteiger partial charge in [-0.15, -0.1) is 0 Å². The number of ether oxygens (including phenoxy) is 2. The molecule has 21 heavy (non-hydrogen) atoms. The zero-order valence-electron chi connectivity index (χ0n) is 12.2. The number of aromatic nitrogens is 2. The van der Waals surface area contributed by atoms with Crippen LogP contribution < -0.4 is 9.47 Å². The van der Waals surface area contributed by atoms with Crippen molar-refractivity contribution in [2.45, 2.75) is 13.3 Å². The highest BCUT2D eigenvalue weighted by Gasteiger charge is 2.15. The SMILES string of the molecule is CCCOc1cc(-c2nccn2S(C)(=O)=O)ccc1OC. The van der Waals surface area contributed by atoms with Gasteiger partial charge in [0, 0.05) is 18.0 Å². The van der Waals surface area contributed by atoms with Crippen LogP contribution in [0, 0.1) is 0 Å². The number of nitrogens with zero attached hydrogens (tertiary/aromatic N) is 2. The molecular weight excluding hydrogens is 292 g/mol. The van der Waals surface area contributed by atoms with Crippen molar-refractivity contribution < 1.29 is 17.9 Å². The van der Waals surface area contributed by atoms with Crippen LogP contribution in [0.5, 0.6) is 11.5 Å². The van der Waals surface area contributed by atoms with E-state index in [1.807, 2.05) is 6.92 Å². The first-order chi connectivity index (χ1) is 9.97. The topological polar surface area (TPSA) is 70.4 Å². The van der Waals surface area contributed by atoms with Crippen LogP contribution in [0.2, 0.25) is 0 Å². The van der Waals surface area contributed by atoms with Gasteiger partial charge in [0.05, 0.1) is 20.0 Å². The summed E-state index contributed by atoms with van der Waals surface area (Å²) in [5.74, 6) is 1.52. The summed E-state index contributed by atoms with van der Waals surface area (Å²) in [4.78, 5) is 4.12. The van der Waals surface area contributed by atoms with Crippen LogP contribution in [0.25, 0.3) is 11.4 Å². The van der Waals surface area contributed by atoms with Crippen LogP contribution in [0.4, 0.5) is 0 Å². The summed E-state index contributed by atoms with van der Waals surface area (Å²) in [6.45, 7) is 2.56. The molecule has 0 fully saturated rings. The molecule has 0 atom stereocenters. The molecule has 0 unspecified atom stereocenters. The van der Waals surface area contributed by atoms with Gasteiger partial charge in [-0.1, -0.05) is 6.92 Å². The van der Waals surface area contributed by atoms with Gasteiger partial charge in [0.15, 0.2) is 17.3 Å². The van der Waals surface area contributed by atoms with Crippen molar-refractivity contribution in [2.75, 3.05) is 20.0 Å². The Balaban J connectivity index is 2.48. The molecule has 0 N–H and O–H groups in total. The van der Waals surface area contributed by atoms with Crippen LogP contribution >= 0.6 is 0 Å². The minimum atomic E-state index is -3.40. The van der Waals surface area contributed by atoms with E-state index in [-0.39, 0.29) is 0 Å². The average molecular weight is 310 g/mol. The summed E-state index contributed by atoms with van der Waals surface area (Å²) >= 11 is 0. The average Bonchev–Trinajstić information content (AvgIpc) is 2.94. The lowest BCUT2D eigenvalue weighted by molar-refractivity contribution is 0.294. The summed E-state index contributed by atoms with van der Waals surface area (Å²) in [5.41, 5.74) is 0.650. The van der Waals surface area contributed by atoms with E-state index in [2.05, 4.69) is 4.98 Å². The van der Waals surface area contributed by atoms with Crippen LogP contribution in [0.15, 0.2) is 30.6 Å². The van der Waals surface area contributed by atoms with Crippen LogP contribution in [0.1, 0.15) is 13.3 Å². The number of hydrogen-bond donors (Lipinski definition) is 0. The Morgan fingerprint density at radius 3 is 2.67 bits per heavy atom. The number of methoxy groups -OCH3 is 1. The third kappa shape index (κ3) is 3.36. The molecule has 6 nitrogen and oxygen atoms in total. The van der Waals surface area contributed by atoms with Crippen molar-refractivity contribution in [3.05, 3.63) is 30.6 Å². The van der Waals surface area contributed by atoms with Gasteiger partial charge < -0.3 is 9.47 Å². The van der Waals surface area contributed by atoms with E-state index in [9.17, 15) is 8.42 Å². The third-order valence-electron chi connectivity index (χ3n) is 2.85. The highest BCUT2D eigenvalue weighted by Crippen LogP contribution is 2.32. The van der Waals surface area contributed by atoms with E-state index in [1.165, 1.54) is 12.4 Å². The van der Waals surface area contributed by atoms with E-state index in [1.54, 1.807) is 25.3 Å². The minimum Gasteiger partial charge on any atom is -0.493 e. The van der Waals surface area contributed by atoms with Gasteiger partial charge in [-0.25, -0.2) is 17.4 Å². The Labute approximate surface area is 124 Å². The molecule has 0 amide bonds. The molecule has 0 spiro atoms. The van der Waals surface area contributed by atoms with E-state index >= 15 is 0 Å². The largest absolute Gasteiger partial charge is 0.493 e. The van der Waals surface area contributed by atoms with Gasteiger partial charge in [-0.3, -0.25) is 0 Å². The Bertz CT molecular complexity index is 722. The Morgan fingerprint density at radius 2 is 2.05 bits per heavy atom. The fourth-order valence-corrected chi connectivity index (χ4v) is 2.64. The summed E-state index contributed by atoms with van der Waals surface area (Å²) in [6.07, 6.45) is 4.87. The van der Waals surface area contributed by atoms with E-state index < -0.39 is 10.0 Å². The second kappa shape index (κ2) is 6.17. The summed E-state index contributed by atoms with van der Waals surface area (Å²) in [6, 6.07) is 5.22. The first-order valence-corrected chi connectivity index (χ1v) is 8.37. The Kier molecular flexibility index (Phi) is 4.52. The number of benzene rings is 1. The Morgan fingerprint density at radius 1 is 1.29 bits per heavy atom. The van der Waals surface area contributed by atoms with Crippen LogP contribution in [0.3, 0.4) is 0 Å². The molecule has 2 aromatic rings. The molecule has 0 aliphatic heterocycles. The number of hydrogen-bond acceptors (Lipinski definition) is 5. The van der Waals surface area contributed by atoms with Crippen molar-refractivity contribution in [1.29, 1.82) is 0 Å². The minimum absolute atomic E-state index is 0.349. The molecule has 1 aromatic heterocycles. The fourth-order valence-electron chi connectivity index (χ4n) is 1.90. The normalized spacial score (nSPS) is 11.4. The van der Waals surface area contributed by atoms with Crippen LogP contribution in [-0.2, 0) is 10.0 Å². The molecule has 1 aromatic carbocycles. The van der Waals surface area contributed by atoms with Gasteiger partial charge in [-0.2, -0.15) is 0 Å². The zero-order valence-corrected chi connectivity index (χ0v) is 13.1. The maximum atomic E-state index is 11.7. The summed E-state index contributed by atoms with van der Waals surface area (Å²) < 4.78 is 35.5. The second-order valence-corrected chi connectivity index (χ2v) is 6.38. The molecule has 0 aliphatic rings. The van der Waals surface area contributed by atoms with Gasteiger partial charge in [-0.05, 0) is 24.6 Å². The molecule has 0 saturated heterocycles. The lowest BCUT2D eigenvalue weighted by atomic mass is 10.2. The maximum absolute atomic E-state index is 11.7. The fraction of sp³-hybridized carbons (Fsp3) is 0.357. The maximum Gasteiger partial charge on any atom is 0.237 e. The highest BCUT2D eigenvalue weighted by atomic mass is 32.2. The van der Waals surface area contributed by atoms with Crippen molar-refractivity contribution in [1.82, 2.24) is 8.96 Å². The highest BCUT2D eigenvalue weighted by molar-refractivity contribution is 7.89. The van der Waals surface area contributed by atoms with Gasteiger partial charge in [0.2, 0.25) is 10.0 Å². The number of rotatable bonds is 6. The van der Waals surface area contributed by atoms with Crippen molar-refractivity contribution in [3.63, 3.8) is 0 Å². The first kappa shape index (κ1) is 15.4. The van der Waals surface area contributed by atoms with Gasteiger partial charge in [0.25, 0.3) is 0 Å². The van der Waals surface area contributed by atoms with E-state index in [0.717, 1.165) is 16.6 Å². The van der Waals surface area contributed by atoms with Gasteiger partial charge >= 0.3 is 0 Å². The first-order valence-electron chi connectivity index (χ1n) is 6.52. The molecule has 0 saturated carbocycles. The molecule has 0 bridgehead atoms. The lowest BCUT2D eigenvalue weighted by Gasteiger charge is -2.12. The molecular formula is C14H18N2O4S. The third-order valence-corrected chi connectivity index (χ3v) is 3.86. The summed E-state index contributed by atoms with van der Waals surface area (Å²) in [7, 11) is -1.84.